The summed E-state index contributed by atoms with van der Waals surface area (Å²) >= 11 is 0. The van der Waals surface area contributed by atoms with Crippen molar-refractivity contribution in [3.05, 3.63) is 61.0 Å². The molecular weight excluding hydrogens is 310 g/mol. The fourth-order valence-electron chi connectivity index (χ4n) is 2.12. The number of nitrogens with zero attached hydrogens (tertiary/aromatic N) is 5. The number of hydrogen-bond acceptors (Lipinski definition) is 6. The minimum Gasteiger partial charge on any atom is -0.463 e. The average molecular weight is 321 g/mol. The number of nitrogens with one attached hydrogen (secondary N) is 2. The fraction of sp³-hybridized carbons (Fsp3) is 0. The molecule has 0 saturated carbocycles. The van der Waals surface area contributed by atoms with Crippen LogP contribution in [-0.4, -0.2) is 35.9 Å². The van der Waals surface area contributed by atoms with Crippen LogP contribution in [0.3, 0.4) is 0 Å². The van der Waals surface area contributed by atoms with E-state index in [9.17, 15) is 4.79 Å². The molecule has 1 amide bonds. The average Bonchev–Trinajstić information content (AvgIpc) is 3.36. The summed E-state index contributed by atoms with van der Waals surface area (Å²) in [5.41, 5.74) is 0.839. The van der Waals surface area contributed by atoms with Crippen molar-refractivity contribution in [1.82, 2.24) is 29.9 Å². The number of hydrogen-bond donors (Lipinski definition) is 2. The van der Waals surface area contributed by atoms with E-state index in [1.165, 1.54) is 6.33 Å². The Kier molecular flexibility index (Phi) is 3.35. The number of furan rings is 1. The Bertz CT molecular complexity index is 958. The summed E-state index contributed by atoms with van der Waals surface area (Å²) in [5.74, 6) is 1.10. The summed E-state index contributed by atoms with van der Waals surface area (Å²) in [7, 11) is 0. The lowest BCUT2D eigenvalue weighted by atomic mass is 10.3. The van der Waals surface area contributed by atoms with Gasteiger partial charge in [-0.25, -0.2) is 14.6 Å². The van der Waals surface area contributed by atoms with Crippen LogP contribution in [0.4, 0.5) is 5.82 Å². The maximum Gasteiger partial charge on any atom is 0.277 e. The molecule has 0 aliphatic rings. The van der Waals surface area contributed by atoms with Gasteiger partial charge in [0.2, 0.25) is 0 Å². The summed E-state index contributed by atoms with van der Waals surface area (Å²) in [6, 6.07) is 8.53. The van der Waals surface area contributed by atoms with E-state index in [0.29, 0.717) is 23.1 Å². The zero-order chi connectivity index (χ0) is 16.4. The Morgan fingerprint density at radius 2 is 2.21 bits per heavy atom. The number of carbonyl (C=O) groups excluding carboxylic acids is 1. The number of anilines is 1. The normalized spacial score (nSPS) is 10.7. The van der Waals surface area contributed by atoms with Crippen LogP contribution < -0.4 is 5.32 Å². The number of amides is 1. The van der Waals surface area contributed by atoms with Crippen molar-refractivity contribution in [3.8, 4) is 17.3 Å². The molecule has 0 saturated heterocycles. The number of rotatable bonds is 4. The molecule has 4 heterocycles. The molecular formula is C15H11N7O2. The van der Waals surface area contributed by atoms with Gasteiger partial charge in [0.1, 0.15) is 17.8 Å². The molecule has 0 aromatic carbocycles. The van der Waals surface area contributed by atoms with Gasteiger partial charge in [-0.2, -0.15) is 10.2 Å². The second kappa shape index (κ2) is 5.80. The third kappa shape index (κ3) is 2.65. The summed E-state index contributed by atoms with van der Waals surface area (Å²) < 4.78 is 6.83. The third-order valence-corrected chi connectivity index (χ3v) is 3.23. The Morgan fingerprint density at radius 1 is 1.25 bits per heavy atom. The second-order valence-corrected chi connectivity index (χ2v) is 4.81. The van der Waals surface area contributed by atoms with Gasteiger partial charge in [-0.3, -0.25) is 9.89 Å². The molecule has 0 aliphatic carbocycles. The van der Waals surface area contributed by atoms with Gasteiger partial charge in [-0.15, -0.1) is 0 Å². The van der Waals surface area contributed by atoms with Crippen molar-refractivity contribution in [2.75, 3.05) is 5.32 Å². The van der Waals surface area contributed by atoms with Gasteiger partial charge in [0, 0.05) is 24.5 Å². The van der Waals surface area contributed by atoms with Crippen molar-refractivity contribution >= 4 is 11.7 Å². The third-order valence-electron chi connectivity index (χ3n) is 3.23. The summed E-state index contributed by atoms with van der Waals surface area (Å²) in [6.07, 6.45) is 6.29. The maximum atomic E-state index is 12.3. The van der Waals surface area contributed by atoms with Crippen LogP contribution in [0, 0.1) is 0 Å². The topological polar surface area (TPSA) is 115 Å². The highest BCUT2D eigenvalue weighted by atomic mass is 16.3. The molecule has 0 bridgehead atoms. The smallest absolute Gasteiger partial charge is 0.277 e. The Balaban J connectivity index is 1.53. The van der Waals surface area contributed by atoms with Crippen molar-refractivity contribution in [2.24, 2.45) is 0 Å². The van der Waals surface area contributed by atoms with E-state index >= 15 is 0 Å². The van der Waals surface area contributed by atoms with Gasteiger partial charge >= 0.3 is 0 Å². The van der Waals surface area contributed by atoms with Crippen LogP contribution in [0.5, 0.6) is 0 Å². The lowest BCUT2D eigenvalue weighted by Gasteiger charge is -2.04. The quantitative estimate of drug-likeness (QED) is 0.593. The number of aromatic amines is 1. The van der Waals surface area contributed by atoms with Crippen molar-refractivity contribution in [3.63, 3.8) is 0 Å². The largest absolute Gasteiger partial charge is 0.463 e. The second-order valence-electron chi connectivity index (χ2n) is 4.81. The fourth-order valence-corrected chi connectivity index (χ4v) is 2.12. The van der Waals surface area contributed by atoms with Crippen LogP contribution in [0.1, 0.15) is 10.5 Å². The SMILES string of the molecule is O=C(Nc1cc(-n2cccn2)ncn1)c1cc(-c2ccco2)[nH]n1. The molecule has 9 heteroatoms. The number of aromatic nitrogens is 6. The van der Waals surface area contributed by atoms with Crippen LogP contribution in [-0.2, 0) is 0 Å². The first-order valence-corrected chi connectivity index (χ1v) is 7.02. The molecule has 9 nitrogen and oxygen atoms in total. The molecule has 2 N–H and O–H groups in total. The molecule has 0 aliphatic heterocycles. The minimum absolute atomic E-state index is 0.223. The molecule has 4 aromatic rings. The molecule has 4 aromatic heterocycles. The number of carbonyl (C=O) groups is 1. The molecule has 0 radical (unpaired) electrons. The van der Waals surface area contributed by atoms with Crippen LogP contribution in [0.15, 0.2) is 59.7 Å². The van der Waals surface area contributed by atoms with E-state index in [-0.39, 0.29) is 5.69 Å². The van der Waals surface area contributed by atoms with Crippen molar-refractivity contribution in [1.29, 1.82) is 0 Å². The molecule has 0 fully saturated rings. The molecule has 0 unspecified atom stereocenters. The van der Waals surface area contributed by atoms with Crippen LogP contribution in [0.2, 0.25) is 0 Å². The molecule has 0 spiro atoms. The highest BCUT2D eigenvalue weighted by Gasteiger charge is 2.14. The van der Waals surface area contributed by atoms with Crippen molar-refractivity contribution in [2.45, 2.75) is 0 Å². The summed E-state index contributed by atoms with van der Waals surface area (Å²) in [5, 5.41) is 13.5. The van der Waals surface area contributed by atoms with E-state index in [1.54, 1.807) is 53.7 Å². The highest BCUT2D eigenvalue weighted by molar-refractivity contribution is 6.02. The molecule has 0 atom stereocenters. The monoisotopic (exact) mass is 321 g/mol. The summed E-state index contributed by atoms with van der Waals surface area (Å²) in [4.78, 5) is 20.4. The van der Waals surface area contributed by atoms with E-state index in [1.807, 2.05) is 0 Å². The minimum atomic E-state index is -0.394. The van der Waals surface area contributed by atoms with Gasteiger partial charge < -0.3 is 9.73 Å². The first-order chi connectivity index (χ1) is 11.8. The maximum absolute atomic E-state index is 12.3. The summed E-state index contributed by atoms with van der Waals surface area (Å²) in [6.45, 7) is 0. The van der Waals surface area contributed by atoms with E-state index in [4.69, 9.17) is 4.42 Å². The Hall–Kier alpha value is -3.75. The molecule has 4 rings (SSSR count). The van der Waals surface area contributed by atoms with Crippen LogP contribution in [0.25, 0.3) is 17.3 Å². The van der Waals surface area contributed by atoms with Gasteiger partial charge in [-0.1, -0.05) is 0 Å². The van der Waals surface area contributed by atoms with E-state index in [0.717, 1.165) is 0 Å². The zero-order valence-electron chi connectivity index (χ0n) is 12.2. The predicted molar refractivity (Wildman–Crippen MR) is 83.4 cm³/mol. The van der Waals surface area contributed by atoms with Gasteiger partial charge in [0.15, 0.2) is 17.3 Å². The van der Waals surface area contributed by atoms with Crippen LogP contribution >= 0.6 is 0 Å². The van der Waals surface area contributed by atoms with Crippen molar-refractivity contribution < 1.29 is 9.21 Å². The van der Waals surface area contributed by atoms with E-state index in [2.05, 4.69) is 30.6 Å². The highest BCUT2D eigenvalue weighted by Crippen LogP contribution is 2.18. The molecule has 24 heavy (non-hydrogen) atoms. The Morgan fingerprint density at radius 3 is 3.00 bits per heavy atom. The first-order valence-electron chi connectivity index (χ1n) is 7.02. The van der Waals surface area contributed by atoms with Gasteiger partial charge in [0.05, 0.1) is 6.26 Å². The standard InChI is InChI=1S/C15H11N7O2/c23-15(11-7-10(20-21-11)12-3-1-6-24-12)19-13-8-14(17-9-16-13)22-5-2-4-18-22/h1-9H,(H,20,21)(H,16,17,19,23). The zero-order valence-corrected chi connectivity index (χ0v) is 12.2. The molecule has 118 valence electrons. The van der Waals surface area contributed by atoms with Gasteiger partial charge in [-0.05, 0) is 18.2 Å². The number of H-pyrrole nitrogens is 1. The Labute approximate surface area is 135 Å². The van der Waals surface area contributed by atoms with E-state index < -0.39 is 5.91 Å². The lowest BCUT2D eigenvalue weighted by Crippen LogP contribution is -2.14. The predicted octanol–water partition coefficient (Wildman–Crippen LogP) is 1.90. The lowest BCUT2D eigenvalue weighted by molar-refractivity contribution is 0.102. The first kappa shape index (κ1) is 13.9. The van der Waals surface area contributed by atoms with Gasteiger partial charge in [0.25, 0.3) is 5.91 Å².